The molecule has 0 aliphatic carbocycles. The summed E-state index contributed by atoms with van der Waals surface area (Å²) in [6.07, 6.45) is 2.38. The number of rotatable bonds is 5. The van der Waals surface area contributed by atoms with Gasteiger partial charge in [-0.25, -0.2) is 4.98 Å². The minimum Gasteiger partial charge on any atom is -0.332 e. The third-order valence-electron chi connectivity index (χ3n) is 3.54. The van der Waals surface area contributed by atoms with Gasteiger partial charge in [-0.2, -0.15) is 0 Å². The van der Waals surface area contributed by atoms with Gasteiger partial charge in [0.15, 0.2) is 0 Å². The van der Waals surface area contributed by atoms with Crippen molar-refractivity contribution >= 4 is 28.8 Å². The lowest BCUT2D eigenvalue weighted by Gasteiger charge is -2.17. The maximum Gasteiger partial charge on any atom is 0.265 e. The summed E-state index contributed by atoms with van der Waals surface area (Å²) < 4.78 is 0. The molecule has 2 rings (SSSR count). The Hall–Kier alpha value is -2.21. The molecule has 0 saturated heterocycles. The molecule has 122 valence electrons. The van der Waals surface area contributed by atoms with Crippen molar-refractivity contribution in [3.63, 3.8) is 0 Å². The Labute approximate surface area is 140 Å². The molecule has 1 N–H and O–H groups in total. The molecule has 0 aliphatic rings. The maximum absolute atomic E-state index is 12.3. The van der Waals surface area contributed by atoms with E-state index in [9.17, 15) is 9.59 Å². The lowest BCUT2D eigenvalue weighted by atomic mass is 10.1. The number of aryl methyl sites for hydroxylation is 3. The van der Waals surface area contributed by atoms with E-state index < -0.39 is 0 Å². The van der Waals surface area contributed by atoms with Crippen molar-refractivity contribution in [3.05, 3.63) is 45.4 Å². The first kappa shape index (κ1) is 17.1. The van der Waals surface area contributed by atoms with Gasteiger partial charge in [-0.05, 0) is 31.4 Å². The number of para-hydroxylation sites is 1. The van der Waals surface area contributed by atoms with E-state index in [-0.39, 0.29) is 18.4 Å². The van der Waals surface area contributed by atoms with E-state index in [1.165, 1.54) is 16.2 Å². The minimum absolute atomic E-state index is 0.00592. The Morgan fingerprint density at radius 1 is 1.26 bits per heavy atom. The summed E-state index contributed by atoms with van der Waals surface area (Å²) in [5.41, 5.74) is 2.81. The number of benzene rings is 1. The Morgan fingerprint density at radius 2 is 1.91 bits per heavy atom. The highest BCUT2D eigenvalue weighted by molar-refractivity contribution is 7.13. The fraction of sp³-hybridized carbons (Fsp3) is 0.353. The number of carbonyl (C=O) groups is 2. The van der Waals surface area contributed by atoms with Crippen LogP contribution in [0.1, 0.15) is 32.7 Å². The van der Waals surface area contributed by atoms with E-state index in [4.69, 9.17) is 0 Å². The van der Waals surface area contributed by atoms with Crippen molar-refractivity contribution in [2.75, 3.05) is 18.9 Å². The summed E-state index contributed by atoms with van der Waals surface area (Å²) >= 11 is 1.37. The van der Waals surface area contributed by atoms with Crippen LogP contribution >= 0.6 is 11.3 Å². The van der Waals surface area contributed by atoms with Crippen LogP contribution < -0.4 is 5.32 Å². The van der Waals surface area contributed by atoms with Crippen molar-refractivity contribution in [3.8, 4) is 0 Å². The predicted molar refractivity (Wildman–Crippen MR) is 93.0 cm³/mol. The highest BCUT2D eigenvalue weighted by Crippen LogP contribution is 2.19. The molecule has 2 amide bonds. The van der Waals surface area contributed by atoms with Gasteiger partial charge < -0.3 is 10.2 Å². The zero-order valence-corrected chi connectivity index (χ0v) is 14.7. The molecule has 2 aromatic rings. The highest BCUT2D eigenvalue weighted by atomic mass is 32.1. The van der Waals surface area contributed by atoms with E-state index in [2.05, 4.69) is 10.3 Å². The number of nitrogens with one attached hydrogen (secondary N) is 1. The average molecular weight is 331 g/mol. The number of amides is 2. The fourth-order valence-electron chi connectivity index (χ4n) is 2.24. The number of hydrogen-bond acceptors (Lipinski definition) is 4. The summed E-state index contributed by atoms with van der Waals surface area (Å²) in [7, 11) is 1.62. The maximum atomic E-state index is 12.3. The summed E-state index contributed by atoms with van der Waals surface area (Å²) in [5.74, 6) is -0.391. The molecular formula is C17H21N3O2S. The van der Waals surface area contributed by atoms with Crippen LogP contribution in [0.5, 0.6) is 0 Å². The second-order valence-corrected chi connectivity index (χ2v) is 6.56. The summed E-state index contributed by atoms with van der Waals surface area (Å²) in [6, 6.07) is 5.84. The number of carbonyl (C=O) groups excluding carboxylic acids is 2. The Bertz CT molecular complexity index is 704. The molecule has 0 aliphatic heterocycles. The first-order valence-corrected chi connectivity index (χ1v) is 8.30. The van der Waals surface area contributed by atoms with Crippen molar-refractivity contribution in [2.24, 2.45) is 0 Å². The van der Waals surface area contributed by atoms with Crippen LogP contribution in [0.2, 0.25) is 0 Å². The largest absolute Gasteiger partial charge is 0.332 e. The lowest BCUT2D eigenvalue weighted by molar-refractivity contribution is -0.116. The average Bonchev–Trinajstić information content (AvgIpc) is 2.99. The van der Waals surface area contributed by atoms with E-state index in [1.54, 1.807) is 13.2 Å². The quantitative estimate of drug-likeness (QED) is 0.916. The van der Waals surface area contributed by atoms with Crippen molar-refractivity contribution < 1.29 is 9.59 Å². The van der Waals surface area contributed by atoms with Gasteiger partial charge in [0.25, 0.3) is 5.91 Å². The Balaban J connectivity index is 2.00. The number of thiazole rings is 1. The number of hydrogen-bond donors (Lipinski definition) is 1. The Morgan fingerprint density at radius 3 is 2.48 bits per heavy atom. The molecular weight excluding hydrogens is 310 g/mol. The third-order valence-corrected chi connectivity index (χ3v) is 4.67. The summed E-state index contributed by atoms with van der Waals surface area (Å²) in [4.78, 5) is 30.7. The molecule has 0 bridgehead atoms. The number of nitrogens with zero attached hydrogens (tertiary/aromatic N) is 2. The monoisotopic (exact) mass is 331 g/mol. The van der Waals surface area contributed by atoms with E-state index >= 15 is 0 Å². The van der Waals surface area contributed by atoms with Crippen molar-refractivity contribution in [2.45, 2.75) is 27.2 Å². The van der Waals surface area contributed by atoms with Gasteiger partial charge in [0, 0.05) is 12.7 Å². The van der Waals surface area contributed by atoms with Crippen LogP contribution in [0.4, 0.5) is 5.69 Å². The van der Waals surface area contributed by atoms with Crippen LogP contribution in [0, 0.1) is 13.8 Å². The van der Waals surface area contributed by atoms with Crippen molar-refractivity contribution in [1.29, 1.82) is 0 Å². The second kappa shape index (κ2) is 7.37. The van der Waals surface area contributed by atoms with Crippen molar-refractivity contribution in [1.82, 2.24) is 9.88 Å². The second-order valence-electron chi connectivity index (χ2n) is 5.45. The van der Waals surface area contributed by atoms with Crippen LogP contribution in [-0.4, -0.2) is 35.3 Å². The molecule has 0 atom stereocenters. The minimum atomic E-state index is -0.210. The molecule has 1 aromatic heterocycles. The molecule has 0 saturated carbocycles. The molecule has 0 radical (unpaired) electrons. The topological polar surface area (TPSA) is 62.3 Å². The van der Waals surface area contributed by atoms with Gasteiger partial charge >= 0.3 is 0 Å². The summed E-state index contributed by atoms with van der Waals surface area (Å²) in [6.45, 7) is 5.89. The summed E-state index contributed by atoms with van der Waals surface area (Å²) in [5, 5.41) is 3.81. The van der Waals surface area contributed by atoms with Gasteiger partial charge in [-0.1, -0.05) is 25.1 Å². The van der Waals surface area contributed by atoms with Crippen LogP contribution in [0.3, 0.4) is 0 Å². The first-order valence-electron chi connectivity index (χ1n) is 7.48. The zero-order valence-electron chi connectivity index (χ0n) is 13.8. The Kier molecular flexibility index (Phi) is 5.50. The van der Waals surface area contributed by atoms with Crippen LogP contribution in [0.25, 0.3) is 0 Å². The smallest absolute Gasteiger partial charge is 0.265 e. The molecule has 1 aromatic carbocycles. The lowest BCUT2D eigenvalue weighted by Crippen LogP contribution is -2.34. The van der Waals surface area contributed by atoms with E-state index in [0.29, 0.717) is 4.88 Å². The first-order chi connectivity index (χ1) is 10.9. The number of likely N-dealkylation sites (N-methyl/N-ethyl adjacent to an activating group) is 1. The van der Waals surface area contributed by atoms with Gasteiger partial charge in [-0.3, -0.25) is 9.59 Å². The molecule has 1 heterocycles. The standard InChI is InChI=1S/C17H21N3O2S/c1-5-15-18-9-13(23-15)17(22)20(4)10-14(21)19-16-11(2)7-6-8-12(16)3/h6-9H,5,10H2,1-4H3,(H,19,21). The fourth-order valence-corrected chi connectivity index (χ4v) is 3.09. The normalized spacial score (nSPS) is 10.4. The molecule has 23 heavy (non-hydrogen) atoms. The van der Waals surface area contributed by atoms with Gasteiger partial charge in [0.05, 0.1) is 17.7 Å². The van der Waals surface area contributed by atoms with Gasteiger partial charge in [0.1, 0.15) is 4.88 Å². The third kappa shape index (κ3) is 4.16. The van der Waals surface area contributed by atoms with Gasteiger partial charge in [-0.15, -0.1) is 11.3 Å². The van der Waals surface area contributed by atoms with Crippen LogP contribution in [0.15, 0.2) is 24.4 Å². The highest BCUT2D eigenvalue weighted by Gasteiger charge is 2.18. The predicted octanol–water partition coefficient (Wildman–Crippen LogP) is 3.03. The van der Waals surface area contributed by atoms with Crippen LogP contribution in [-0.2, 0) is 11.2 Å². The molecule has 6 heteroatoms. The van der Waals surface area contributed by atoms with E-state index in [1.807, 2.05) is 39.0 Å². The van der Waals surface area contributed by atoms with Gasteiger partial charge in [0.2, 0.25) is 5.91 Å². The van der Waals surface area contributed by atoms with E-state index in [0.717, 1.165) is 28.2 Å². The zero-order chi connectivity index (χ0) is 17.0. The molecule has 0 spiro atoms. The molecule has 5 nitrogen and oxygen atoms in total. The SMILES string of the molecule is CCc1ncc(C(=O)N(C)CC(=O)Nc2c(C)cccc2C)s1. The molecule has 0 fully saturated rings. The molecule has 0 unspecified atom stereocenters. The number of anilines is 1. The number of aromatic nitrogens is 1.